The van der Waals surface area contributed by atoms with E-state index in [1.807, 2.05) is 0 Å². The first-order chi connectivity index (χ1) is 8.49. The summed E-state index contributed by atoms with van der Waals surface area (Å²) in [4.78, 5) is 12.1. The van der Waals surface area contributed by atoms with Crippen molar-refractivity contribution in [1.82, 2.24) is 0 Å². The van der Waals surface area contributed by atoms with Crippen LogP contribution in [0.3, 0.4) is 0 Å². The molecule has 0 fully saturated rings. The van der Waals surface area contributed by atoms with Gasteiger partial charge in [-0.15, -0.1) is 0 Å². The topological polar surface area (TPSA) is 17.1 Å². The number of halogens is 3. The molecule has 0 saturated heterocycles. The summed E-state index contributed by atoms with van der Waals surface area (Å²) < 4.78 is 26.4. The first-order valence-corrected chi connectivity index (χ1v) is 5.63. The molecule has 0 N–H and O–H groups in total. The SMILES string of the molecule is Cc1ccc(F)cc1C(=O)c1ccc(Cl)c(F)c1. The van der Waals surface area contributed by atoms with E-state index in [-0.39, 0.29) is 16.1 Å². The molecule has 4 heteroatoms. The van der Waals surface area contributed by atoms with Gasteiger partial charge in [-0.05, 0) is 42.8 Å². The first-order valence-electron chi connectivity index (χ1n) is 5.25. The van der Waals surface area contributed by atoms with Crippen molar-refractivity contribution >= 4 is 17.4 Å². The number of hydrogen-bond donors (Lipinski definition) is 0. The van der Waals surface area contributed by atoms with Gasteiger partial charge in [0.05, 0.1) is 5.02 Å². The molecule has 2 aromatic carbocycles. The number of carbonyl (C=O) groups excluding carboxylic acids is 1. The fourth-order valence-electron chi connectivity index (χ4n) is 1.63. The number of rotatable bonds is 2. The van der Waals surface area contributed by atoms with E-state index in [2.05, 4.69) is 0 Å². The van der Waals surface area contributed by atoms with Crippen molar-refractivity contribution in [3.05, 3.63) is 69.7 Å². The second kappa shape index (κ2) is 4.86. The molecule has 0 atom stereocenters. The molecule has 0 amide bonds. The zero-order valence-electron chi connectivity index (χ0n) is 9.51. The Labute approximate surface area is 108 Å². The molecule has 0 radical (unpaired) electrons. The Hall–Kier alpha value is -1.74. The normalized spacial score (nSPS) is 10.4. The summed E-state index contributed by atoms with van der Waals surface area (Å²) in [6, 6.07) is 7.69. The van der Waals surface area contributed by atoms with Crippen LogP contribution in [0.25, 0.3) is 0 Å². The minimum Gasteiger partial charge on any atom is -0.289 e. The van der Waals surface area contributed by atoms with E-state index in [0.717, 1.165) is 12.1 Å². The maximum absolute atomic E-state index is 13.3. The van der Waals surface area contributed by atoms with Crippen LogP contribution >= 0.6 is 11.6 Å². The van der Waals surface area contributed by atoms with E-state index in [1.54, 1.807) is 6.92 Å². The lowest BCUT2D eigenvalue weighted by Crippen LogP contribution is -2.04. The predicted molar refractivity (Wildman–Crippen MR) is 66.0 cm³/mol. The van der Waals surface area contributed by atoms with Crippen LogP contribution in [0, 0.1) is 18.6 Å². The molecule has 0 spiro atoms. The van der Waals surface area contributed by atoms with Crippen molar-refractivity contribution in [3.8, 4) is 0 Å². The summed E-state index contributed by atoms with van der Waals surface area (Å²) in [7, 11) is 0. The van der Waals surface area contributed by atoms with E-state index in [1.165, 1.54) is 24.3 Å². The quantitative estimate of drug-likeness (QED) is 0.746. The van der Waals surface area contributed by atoms with Crippen molar-refractivity contribution in [2.45, 2.75) is 6.92 Å². The summed E-state index contributed by atoms with van der Waals surface area (Å²) in [5.74, 6) is -1.60. The summed E-state index contributed by atoms with van der Waals surface area (Å²) in [5.41, 5.74) is 0.999. The number of carbonyl (C=O) groups is 1. The zero-order chi connectivity index (χ0) is 13.3. The zero-order valence-corrected chi connectivity index (χ0v) is 10.3. The van der Waals surface area contributed by atoms with Crippen LogP contribution in [0.2, 0.25) is 5.02 Å². The number of ketones is 1. The molecule has 2 aromatic rings. The lowest BCUT2D eigenvalue weighted by molar-refractivity contribution is 0.103. The Morgan fingerprint density at radius 2 is 1.83 bits per heavy atom. The highest BCUT2D eigenvalue weighted by Gasteiger charge is 2.14. The van der Waals surface area contributed by atoms with Gasteiger partial charge in [0.25, 0.3) is 0 Å². The molecule has 18 heavy (non-hydrogen) atoms. The maximum Gasteiger partial charge on any atom is 0.193 e. The second-order valence-electron chi connectivity index (χ2n) is 3.92. The van der Waals surface area contributed by atoms with Gasteiger partial charge in [-0.3, -0.25) is 4.79 Å². The Balaban J connectivity index is 2.47. The third-order valence-corrected chi connectivity index (χ3v) is 2.93. The fraction of sp³-hybridized carbons (Fsp3) is 0.0714. The molecular weight excluding hydrogens is 258 g/mol. The molecule has 0 aliphatic heterocycles. The highest BCUT2D eigenvalue weighted by atomic mass is 35.5. The van der Waals surface area contributed by atoms with Crippen LogP contribution in [0.5, 0.6) is 0 Å². The van der Waals surface area contributed by atoms with Crippen molar-refractivity contribution in [2.24, 2.45) is 0 Å². The highest BCUT2D eigenvalue weighted by Crippen LogP contribution is 2.20. The average Bonchev–Trinajstić information content (AvgIpc) is 2.35. The number of aryl methyl sites for hydroxylation is 1. The van der Waals surface area contributed by atoms with E-state index in [4.69, 9.17) is 11.6 Å². The summed E-state index contributed by atoms with van der Waals surface area (Å²) in [6.45, 7) is 1.69. The molecule has 0 aromatic heterocycles. The maximum atomic E-state index is 13.3. The molecule has 0 aliphatic carbocycles. The summed E-state index contributed by atoms with van der Waals surface area (Å²) in [5, 5.41) is -0.0532. The third kappa shape index (κ3) is 2.41. The Morgan fingerprint density at radius 1 is 1.11 bits per heavy atom. The fourth-order valence-corrected chi connectivity index (χ4v) is 1.75. The standard InChI is InChI=1S/C14H9ClF2O/c1-8-2-4-10(16)7-11(8)14(18)9-3-5-12(15)13(17)6-9/h2-7H,1H3. The number of benzene rings is 2. The Kier molecular flexibility index (Phi) is 3.43. The van der Waals surface area contributed by atoms with Crippen molar-refractivity contribution in [2.75, 3.05) is 0 Å². The molecule has 92 valence electrons. The molecule has 2 rings (SSSR count). The van der Waals surface area contributed by atoms with E-state index in [9.17, 15) is 13.6 Å². The second-order valence-corrected chi connectivity index (χ2v) is 4.32. The van der Waals surface area contributed by atoms with Crippen LogP contribution in [0.4, 0.5) is 8.78 Å². The van der Waals surface area contributed by atoms with E-state index >= 15 is 0 Å². The van der Waals surface area contributed by atoms with Crippen molar-refractivity contribution in [1.29, 1.82) is 0 Å². The first kappa shape index (κ1) is 12.7. The summed E-state index contributed by atoms with van der Waals surface area (Å²) in [6.07, 6.45) is 0. The van der Waals surface area contributed by atoms with Gasteiger partial charge in [0.15, 0.2) is 5.78 Å². The van der Waals surface area contributed by atoms with Crippen LogP contribution < -0.4 is 0 Å². The molecule has 0 heterocycles. The Morgan fingerprint density at radius 3 is 2.50 bits per heavy atom. The third-order valence-electron chi connectivity index (χ3n) is 2.63. The molecule has 0 unspecified atom stereocenters. The molecule has 0 saturated carbocycles. The molecular formula is C14H9ClF2O. The molecule has 1 nitrogen and oxygen atoms in total. The minimum atomic E-state index is -0.670. The van der Waals surface area contributed by atoms with Gasteiger partial charge in [-0.2, -0.15) is 0 Å². The van der Waals surface area contributed by atoms with Crippen LogP contribution in [0.15, 0.2) is 36.4 Å². The van der Waals surface area contributed by atoms with Gasteiger partial charge in [0.1, 0.15) is 11.6 Å². The van der Waals surface area contributed by atoms with Crippen LogP contribution in [-0.4, -0.2) is 5.78 Å². The minimum absolute atomic E-state index is 0.0532. The summed E-state index contributed by atoms with van der Waals surface area (Å²) >= 11 is 5.54. The van der Waals surface area contributed by atoms with Crippen molar-refractivity contribution in [3.63, 3.8) is 0 Å². The van der Waals surface area contributed by atoms with Gasteiger partial charge in [0.2, 0.25) is 0 Å². The lowest BCUT2D eigenvalue weighted by atomic mass is 9.99. The van der Waals surface area contributed by atoms with E-state index < -0.39 is 17.4 Å². The van der Waals surface area contributed by atoms with Crippen LogP contribution in [0.1, 0.15) is 21.5 Å². The predicted octanol–water partition coefficient (Wildman–Crippen LogP) is 4.16. The monoisotopic (exact) mass is 266 g/mol. The van der Waals surface area contributed by atoms with Crippen molar-refractivity contribution < 1.29 is 13.6 Å². The smallest absolute Gasteiger partial charge is 0.193 e. The van der Waals surface area contributed by atoms with E-state index in [0.29, 0.717) is 5.56 Å². The largest absolute Gasteiger partial charge is 0.289 e. The van der Waals surface area contributed by atoms with Gasteiger partial charge in [-0.1, -0.05) is 17.7 Å². The van der Waals surface area contributed by atoms with Gasteiger partial charge >= 0.3 is 0 Å². The lowest BCUT2D eigenvalue weighted by Gasteiger charge is -2.06. The van der Waals surface area contributed by atoms with Gasteiger partial charge < -0.3 is 0 Å². The van der Waals surface area contributed by atoms with Crippen LogP contribution in [-0.2, 0) is 0 Å². The highest BCUT2D eigenvalue weighted by molar-refractivity contribution is 6.30. The molecule has 0 bridgehead atoms. The van der Waals surface area contributed by atoms with Gasteiger partial charge in [-0.25, -0.2) is 8.78 Å². The molecule has 0 aliphatic rings. The number of hydrogen-bond acceptors (Lipinski definition) is 1. The average molecular weight is 267 g/mol. The Bertz CT molecular complexity index is 623. The van der Waals surface area contributed by atoms with Gasteiger partial charge in [0, 0.05) is 11.1 Å².